The maximum atomic E-state index is 12.2. The number of halogens is 3. The van der Waals surface area contributed by atoms with Crippen LogP contribution >= 0.6 is 0 Å². The lowest BCUT2D eigenvalue weighted by molar-refractivity contribution is -0.159. The first kappa shape index (κ1) is 12.0. The predicted molar refractivity (Wildman–Crippen MR) is 47.0 cm³/mol. The zero-order valence-electron chi connectivity index (χ0n) is 8.38. The molecule has 7 nitrogen and oxygen atoms in total. The van der Waals surface area contributed by atoms with E-state index in [4.69, 9.17) is 0 Å². The first-order chi connectivity index (χ1) is 8.50. The molecule has 2 aromatic rings. The Morgan fingerprint density at radius 3 is 2.39 bits per heavy atom. The van der Waals surface area contributed by atoms with Gasteiger partial charge in [0.25, 0.3) is 6.47 Å². The topological polar surface area (TPSA) is 91.0 Å². The fourth-order valence-corrected chi connectivity index (χ4v) is 0.978. The standard InChI is InChI=1S/C8H3F3N4O3/c9-8(10,11)7-14-6(15-18-7)5-12-1-4(2-13-5)17-3-16/h1-3H. The van der Waals surface area contributed by atoms with Crippen LogP contribution in [0.1, 0.15) is 5.89 Å². The van der Waals surface area contributed by atoms with Crippen LogP contribution in [-0.4, -0.2) is 26.6 Å². The van der Waals surface area contributed by atoms with Crippen molar-refractivity contribution in [2.24, 2.45) is 0 Å². The second-order valence-corrected chi connectivity index (χ2v) is 2.88. The summed E-state index contributed by atoms with van der Waals surface area (Å²) in [6.45, 7) is 0.161. The summed E-state index contributed by atoms with van der Waals surface area (Å²) in [5.41, 5.74) is 0. The van der Waals surface area contributed by atoms with Crippen molar-refractivity contribution in [3.8, 4) is 17.4 Å². The monoisotopic (exact) mass is 260 g/mol. The third-order valence-electron chi connectivity index (χ3n) is 1.68. The van der Waals surface area contributed by atoms with Gasteiger partial charge in [-0.3, -0.25) is 4.79 Å². The largest absolute Gasteiger partial charge is 0.471 e. The third kappa shape index (κ3) is 2.42. The van der Waals surface area contributed by atoms with Crippen LogP contribution in [-0.2, 0) is 11.0 Å². The van der Waals surface area contributed by atoms with E-state index >= 15 is 0 Å². The summed E-state index contributed by atoms with van der Waals surface area (Å²) in [5.74, 6) is -2.06. The molecule has 0 radical (unpaired) electrons. The van der Waals surface area contributed by atoms with E-state index in [0.717, 1.165) is 12.4 Å². The number of carbonyl (C=O) groups is 1. The van der Waals surface area contributed by atoms with Gasteiger partial charge in [0, 0.05) is 0 Å². The van der Waals surface area contributed by atoms with Gasteiger partial charge in [0.2, 0.25) is 11.6 Å². The number of carbonyl (C=O) groups excluding carboxylic acids is 1. The minimum Gasteiger partial charge on any atom is -0.425 e. The average molecular weight is 260 g/mol. The second kappa shape index (κ2) is 4.39. The van der Waals surface area contributed by atoms with Gasteiger partial charge in [-0.05, 0) is 0 Å². The molecule has 0 fully saturated rings. The van der Waals surface area contributed by atoms with Crippen molar-refractivity contribution in [3.63, 3.8) is 0 Å². The third-order valence-corrected chi connectivity index (χ3v) is 1.68. The van der Waals surface area contributed by atoms with Crippen LogP contribution < -0.4 is 4.74 Å². The van der Waals surface area contributed by atoms with Crippen LogP contribution in [0.25, 0.3) is 11.6 Å². The molecule has 10 heteroatoms. The van der Waals surface area contributed by atoms with E-state index < -0.39 is 17.9 Å². The van der Waals surface area contributed by atoms with Gasteiger partial charge in [-0.25, -0.2) is 9.97 Å². The summed E-state index contributed by atoms with van der Waals surface area (Å²) in [6, 6.07) is 0. The maximum Gasteiger partial charge on any atom is 0.471 e. The van der Waals surface area contributed by atoms with Crippen molar-refractivity contribution >= 4 is 6.47 Å². The van der Waals surface area contributed by atoms with Crippen LogP contribution in [0.3, 0.4) is 0 Å². The molecular weight excluding hydrogens is 257 g/mol. The van der Waals surface area contributed by atoms with Crippen molar-refractivity contribution in [2.75, 3.05) is 0 Å². The lowest BCUT2D eigenvalue weighted by atomic mass is 10.5. The molecule has 2 rings (SSSR count). The van der Waals surface area contributed by atoms with E-state index in [2.05, 4.69) is 29.4 Å². The predicted octanol–water partition coefficient (Wildman–Crippen LogP) is 1.08. The Hall–Kier alpha value is -2.52. The Balaban J connectivity index is 2.26. The van der Waals surface area contributed by atoms with Crippen LogP contribution in [0.15, 0.2) is 16.9 Å². The lowest BCUT2D eigenvalue weighted by Gasteiger charge is -1.97. The van der Waals surface area contributed by atoms with E-state index in [1.807, 2.05) is 0 Å². The molecule has 2 aromatic heterocycles. The number of ether oxygens (including phenoxy) is 1. The first-order valence-corrected chi connectivity index (χ1v) is 4.34. The molecule has 94 valence electrons. The molecule has 0 spiro atoms. The minimum absolute atomic E-state index is 0.0355. The van der Waals surface area contributed by atoms with Crippen LogP contribution in [0.5, 0.6) is 5.75 Å². The van der Waals surface area contributed by atoms with Gasteiger partial charge in [0.1, 0.15) is 0 Å². The van der Waals surface area contributed by atoms with Crippen LogP contribution in [0.2, 0.25) is 0 Å². The smallest absolute Gasteiger partial charge is 0.425 e. The molecule has 18 heavy (non-hydrogen) atoms. The van der Waals surface area contributed by atoms with Gasteiger partial charge >= 0.3 is 12.1 Å². The summed E-state index contributed by atoms with van der Waals surface area (Å²) >= 11 is 0. The lowest BCUT2D eigenvalue weighted by Crippen LogP contribution is -2.05. The van der Waals surface area contributed by atoms with Gasteiger partial charge < -0.3 is 9.26 Å². The summed E-state index contributed by atoms with van der Waals surface area (Å²) in [6.07, 6.45) is -2.56. The molecule has 0 aliphatic carbocycles. The number of aromatic nitrogens is 4. The molecule has 0 saturated heterocycles. The van der Waals surface area contributed by atoms with Crippen LogP contribution in [0.4, 0.5) is 13.2 Å². The Morgan fingerprint density at radius 1 is 1.22 bits per heavy atom. The van der Waals surface area contributed by atoms with Gasteiger partial charge in [-0.1, -0.05) is 5.16 Å². The zero-order valence-corrected chi connectivity index (χ0v) is 8.38. The fraction of sp³-hybridized carbons (Fsp3) is 0.125. The molecule has 0 aliphatic rings. The second-order valence-electron chi connectivity index (χ2n) is 2.88. The molecule has 0 bridgehead atoms. The van der Waals surface area contributed by atoms with Gasteiger partial charge in [-0.2, -0.15) is 18.2 Å². The Morgan fingerprint density at radius 2 is 1.89 bits per heavy atom. The Bertz CT molecular complexity index is 551. The van der Waals surface area contributed by atoms with Crippen molar-refractivity contribution in [3.05, 3.63) is 18.3 Å². The minimum atomic E-state index is -4.73. The summed E-state index contributed by atoms with van der Waals surface area (Å²) in [5, 5.41) is 3.09. The molecule has 0 atom stereocenters. The Labute approximate surface area is 96.6 Å². The number of hydrogen-bond donors (Lipinski definition) is 0. The molecule has 0 N–H and O–H groups in total. The van der Waals surface area contributed by atoms with E-state index in [1.165, 1.54) is 0 Å². The molecule has 0 aromatic carbocycles. The maximum absolute atomic E-state index is 12.2. The quantitative estimate of drug-likeness (QED) is 0.762. The summed E-state index contributed by atoms with van der Waals surface area (Å²) in [4.78, 5) is 20.3. The molecule has 0 aliphatic heterocycles. The van der Waals surface area contributed by atoms with E-state index in [0.29, 0.717) is 0 Å². The SMILES string of the molecule is O=COc1cnc(-c2noc(C(F)(F)F)n2)nc1. The molecule has 2 heterocycles. The number of hydrogen-bond acceptors (Lipinski definition) is 7. The first-order valence-electron chi connectivity index (χ1n) is 4.34. The number of alkyl halides is 3. The van der Waals surface area contributed by atoms with E-state index in [-0.39, 0.29) is 18.0 Å². The number of nitrogens with zero attached hydrogens (tertiary/aromatic N) is 4. The zero-order chi connectivity index (χ0) is 13.2. The molecule has 0 saturated carbocycles. The highest BCUT2D eigenvalue weighted by molar-refractivity contribution is 5.46. The number of rotatable bonds is 3. The van der Waals surface area contributed by atoms with Crippen molar-refractivity contribution in [2.45, 2.75) is 6.18 Å². The highest BCUT2D eigenvalue weighted by Gasteiger charge is 2.38. The van der Waals surface area contributed by atoms with Crippen LogP contribution in [0, 0.1) is 0 Å². The summed E-state index contributed by atoms with van der Waals surface area (Å²) in [7, 11) is 0. The summed E-state index contributed by atoms with van der Waals surface area (Å²) < 4.78 is 45.0. The molecular formula is C8H3F3N4O3. The highest BCUT2D eigenvalue weighted by Crippen LogP contribution is 2.28. The van der Waals surface area contributed by atoms with Crippen molar-refractivity contribution in [1.82, 2.24) is 20.1 Å². The molecule has 0 amide bonds. The fourth-order valence-electron chi connectivity index (χ4n) is 0.978. The van der Waals surface area contributed by atoms with E-state index in [9.17, 15) is 18.0 Å². The van der Waals surface area contributed by atoms with Crippen molar-refractivity contribution < 1.29 is 27.2 Å². The average Bonchev–Trinajstić information content (AvgIpc) is 2.79. The van der Waals surface area contributed by atoms with Gasteiger partial charge in [0.15, 0.2) is 5.75 Å². The van der Waals surface area contributed by atoms with Crippen molar-refractivity contribution in [1.29, 1.82) is 0 Å². The highest BCUT2D eigenvalue weighted by atomic mass is 19.4. The normalized spacial score (nSPS) is 11.3. The van der Waals surface area contributed by atoms with Gasteiger partial charge in [-0.15, -0.1) is 0 Å². The Kier molecular flexibility index (Phi) is 2.92. The molecule has 0 unspecified atom stereocenters. The van der Waals surface area contributed by atoms with E-state index in [1.54, 1.807) is 0 Å². The van der Waals surface area contributed by atoms with Gasteiger partial charge in [0.05, 0.1) is 12.4 Å².